The van der Waals surface area contributed by atoms with Gasteiger partial charge in [-0.15, -0.1) is 18.3 Å². The van der Waals surface area contributed by atoms with Gasteiger partial charge in [0.25, 0.3) is 5.91 Å². The third-order valence-corrected chi connectivity index (χ3v) is 6.30. The van der Waals surface area contributed by atoms with Gasteiger partial charge >= 0.3 is 0 Å². The SMILES string of the molecule is C=CCN1C(=O)c2[nH]nc(-c3cc(Cl)c(C)cc3O)c2C1c1ccc(SC)cc1. The number of phenolic OH excluding ortho intramolecular Hbond substituents is 1. The third-order valence-electron chi connectivity index (χ3n) is 5.15. The Labute approximate surface area is 178 Å². The van der Waals surface area contributed by atoms with Crippen LogP contribution in [0.2, 0.25) is 5.02 Å². The zero-order valence-electron chi connectivity index (χ0n) is 16.1. The maximum atomic E-state index is 13.1. The lowest BCUT2D eigenvalue weighted by Gasteiger charge is -2.25. The van der Waals surface area contributed by atoms with Gasteiger partial charge in [-0.05, 0) is 48.6 Å². The Balaban J connectivity index is 1.91. The smallest absolute Gasteiger partial charge is 0.273 e. The molecule has 4 rings (SSSR count). The highest BCUT2D eigenvalue weighted by atomic mass is 35.5. The Hall–Kier alpha value is -2.70. The number of fused-ring (bicyclic) bond motifs is 1. The molecule has 1 aromatic heterocycles. The van der Waals surface area contributed by atoms with E-state index in [1.807, 2.05) is 37.4 Å². The van der Waals surface area contributed by atoms with Crippen LogP contribution in [0.3, 0.4) is 0 Å². The number of halogens is 1. The molecule has 0 fully saturated rings. The maximum Gasteiger partial charge on any atom is 0.273 e. The van der Waals surface area contributed by atoms with E-state index in [4.69, 9.17) is 11.6 Å². The molecule has 3 aromatic rings. The van der Waals surface area contributed by atoms with E-state index < -0.39 is 0 Å². The van der Waals surface area contributed by atoms with Gasteiger partial charge in [0, 0.05) is 27.6 Å². The minimum atomic E-state index is -0.334. The van der Waals surface area contributed by atoms with Crippen molar-refractivity contribution >= 4 is 29.3 Å². The number of benzene rings is 2. The number of H-pyrrole nitrogens is 1. The second kappa shape index (κ2) is 7.61. The van der Waals surface area contributed by atoms with Crippen molar-refractivity contribution < 1.29 is 9.90 Å². The fraction of sp³-hybridized carbons (Fsp3) is 0.182. The van der Waals surface area contributed by atoms with Gasteiger partial charge in [0.15, 0.2) is 0 Å². The highest BCUT2D eigenvalue weighted by Crippen LogP contribution is 2.45. The Morgan fingerprint density at radius 1 is 1.34 bits per heavy atom. The number of nitrogens with zero attached hydrogens (tertiary/aromatic N) is 2. The summed E-state index contributed by atoms with van der Waals surface area (Å²) in [5, 5.41) is 18.3. The quantitative estimate of drug-likeness (QED) is 0.435. The molecule has 2 heterocycles. The van der Waals surface area contributed by atoms with Crippen LogP contribution in [0.5, 0.6) is 5.75 Å². The Kier molecular flexibility index (Phi) is 5.15. The van der Waals surface area contributed by atoms with E-state index in [0.717, 1.165) is 21.6 Å². The Morgan fingerprint density at radius 2 is 2.07 bits per heavy atom. The highest BCUT2D eigenvalue weighted by Gasteiger charge is 2.42. The van der Waals surface area contributed by atoms with Gasteiger partial charge in [-0.25, -0.2) is 0 Å². The summed E-state index contributed by atoms with van der Waals surface area (Å²) in [4.78, 5) is 16.0. The zero-order valence-corrected chi connectivity index (χ0v) is 17.6. The van der Waals surface area contributed by atoms with Crippen molar-refractivity contribution in [1.82, 2.24) is 15.1 Å². The number of amides is 1. The molecule has 1 atom stereocenters. The van der Waals surface area contributed by atoms with Gasteiger partial charge < -0.3 is 10.0 Å². The summed E-state index contributed by atoms with van der Waals surface area (Å²) >= 11 is 7.97. The lowest BCUT2D eigenvalue weighted by molar-refractivity contribution is 0.0764. The molecule has 29 heavy (non-hydrogen) atoms. The van der Waals surface area contributed by atoms with Crippen molar-refractivity contribution in [3.63, 3.8) is 0 Å². The predicted octanol–water partition coefficient (Wildman–Crippen LogP) is 5.20. The molecule has 1 aliphatic heterocycles. The first-order valence-corrected chi connectivity index (χ1v) is 10.7. The molecular weight excluding hydrogens is 406 g/mol. The van der Waals surface area contributed by atoms with E-state index in [2.05, 4.69) is 16.8 Å². The number of aryl methyl sites for hydroxylation is 1. The van der Waals surface area contributed by atoms with Crippen molar-refractivity contribution in [2.45, 2.75) is 17.9 Å². The number of thioether (sulfide) groups is 1. The van der Waals surface area contributed by atoms with Crippen molar-refractivity contribution in [1.29, 1.82) is 0 Å². The summed E-state index contributed by atoms with van der Waals surface area (Å²) in [7, 11) is 0. The molecule has 2 N–H and O–H groups in total. The van der Waals surface area contributed by atoms with Crippen LogP contribution in [-0.2, 0) is 0 Å². The fourth-order valence-corrected chi connectivity index (χ4v) is 4.29. The largest absolute Gasteiger partial charge is 0.507 e. The Bertz CT molecular complexity index is 1110. The van der Waals surface area contributed by atoms with E-state index in [-0.39, 0.29) is 17.7 Å². The molecule has 0 spiro atoms. The normalized spacial score (nSPS) is 15.6. The van der Waals surface area contributed by atoms with Crippen LogP contribution in [0.15, 0.2) is 53.9 Å². The van der Waals surface area contributed by atoms with Crippen molar-refractivity contribution in [2.75, 3.05) is 12.8 Å². The molecule has 1 unspecified atom stereocenters. The lowest BCUT2D eigenvalue weighted by Crippen LogP contribution is -2.29. The average Bonchev–Trinajstić information content (AvgIpc) is 3.25. The molecule has 0 saturated heterocycles. The monoisotopic (exact) mass is 425 g/mol. The summed E-state index contributed by atoms with van der Waals surface area (Å²) in [6, 6.07) is 11.1. The first kappa shape index (κ1) is 19.6. The topological polar surface area (TPSA) is 69.2 Å². The third kappa shape index (κ3) is 3.22. The van der Waals surface area contributed by atoms with Crippen LogP contribution >= 0.6 is 23.4 Å². The molecule has 0 saturated carbocycles. The van der Waals surface area contributed by atoms with Crippen LogP contribution in [0.1, 0.15) is 33.2 Å². The number of hydrogen-bond acceptors (Lipinski definition) is 4. The van der Waals surface area contributed by atoms with Gasteiger partial charge in [-0.1, -0.05) is 29.8 Å². The van der Waals surface area contributed by atoms with Gasteiger partial charge in [0.05, 0.1) is 6.04 Å². The molecule has 1 amide bonds. The van der Waals surface area contributed by atoms with Crippen LogP contribution in [0.4, 0.5) is 0 Å². The zero-order chi connectivity index (χ0) is 20.7. The van der Waals surface area contributed by atoms with Gasteiger partial charge in [-0.3, -0.25) is 9.89 Å². The van der Waals surface area contributed by atoms with Crippen molar-refractivity contribution in [3.05, 3.63) is 76.5 Å². The first-order chi connectivity index (χ1) is 14.0. The standard InChI is InChI=1S/C22H20ClN3O2S/c1-4-9-26-21(13-5-7-14(29-3)8-6-13)18-19(24-25-20(18)22(26)28)15-11-16(23)12(2)10-17(15)27/h4-8,10-11,21,27H,1,9H2,2-3H3,(H,24,25). The number of rotatable bonds is 5. The minimum absolute atomic E-state index is 0.0762. The van der Waals surface area contributed by atoms with E-state index in [9.17, 15) is 9.90 Å². The summed E-state index contributed by atoms with van der Waals surface area (Å²) < 4.78 is 0. The van der Waals surface area contributed by atoms with Crippen LogP contribution < -0.4 is 0 Å². The molecule has 0 radical (unpaired) electrons. The van der Waals surface area contributed by atoms with E-state index in [1.54, 1.807) is 34.9 Å². The van der Waals surface area contributed by atoms with Crippen molar-refractivity contribution in [2.24, 2.45) is 0 Å². The lowest BCUT2D eigenvalue weighted by atomic mass is 9.95. The van der Waals surface area contributed by atoms with Crippen LogP contribution in [-0.4, -0.2) is 38.9 Å². The van der Waals surface area contributed by atoms with Crippen molar-refractivity contribution in [3.8, 4) is 17.0 Å². The van der Waals surface area contributed by atoms with Gasteiger partial charge in [0.2, 0.25) is 0 Å². The minimum Gasteiger partial charge on any atom is -0.507 e. The van der Waals surface area contributed by atoms with Crippen LogP contribution in [0.25, 0.3) is 11.3 Å². The second-order valence-corrected chi connectivity index (χ2v) is 8.19. The summed E-state index contributed by atoms with van der Waals surface area (Å²) in [5.41, 5.74) is 3.93. The molecule has 5 nitrogen and oxygen atoms in total. The molecule has 7 heteroatoms. The second-order valence-electron chi connectivity index (χ2n) is 6.90. The van der Waals surface area contributed by atoms with Gasteiger partial charge in [0.1, 0.15) is 17.1 Å². The molecule has 2 aromatic carbocycles. The molecular formula is C22H20ClN3O2S. The number of aromatic hydroxyl groups is 1. The number of phenols is 1. The summed E-state index contributed by atoms with van der Waals surface area (Å²) in [5.74, 6) is -0.0670. The molecule has 148 valence electrons. The maximum absolute atomic E-state index is 13.1. The summed E-state index contributed by atoms with van der Waals surface area (Å²) in [6.45, 7) is 6.02. The molecule has 0 bridgehead atoms. The Morgan fingerprint density at radius 3 is 2.72 bits per heavy atom. The number of aromatic amines is 1. The van der Waals surface area contributed by atoms with E-state index in [1.165, 1.54) is 0 Å². The highest BCUT2D eigenvalue weighted by molar-refractivity contribution is 7.98. The number of carbonyl (C=O) groups excluding carboxylic acids is 1. The van der Waals surface area contributed by atoms with E-state index >= 15 is 0 Å². The van der Waals surface area contributed by atoms with E-state index in [0.29, 0.717) is 28.5 Å². The molecule has 1 aliphatic rings. The number of carbonyl (C=O) groups is 1. The number of nitrogens with one attached hydrogen (secondary N) is 1. The number of hydrogen-bond donors (Lipinski definition) is 2. The van der Waals surface area contributed by atoms with Crippen LogP contribution in [0, 0.1) is 6.92 Å². The number of aromatic nitrogens is 2. The van der Waals surface area contributed by atoms with Gasteiger partial charge in [-0.2, -0.15) is 5.10 Å². The summed E-state index contributed by atoms with van der Waals surface area (Å²) in [6.07, 6.45) is 3.73. The predicted molar refractivity (Wildman–Crippen MR) is 117 cm³/mol. The fourth-order valence-electron chi connectivity index (χ4n) is 3.72. The molecule has 0 aliphatic carbocycles. The average molecular weight is 426 g/mol. The first-order valence-electron chi connectivity index (χ1n) is 9.09.